The van der Waals surface area contributed by atoms with E-state index in [0.29, 0.717) is 24.0 Å². The molecule has 0 fully saturated rings. The molecule has 0 aliphatic carbocycles. The van der Waals surface area contributed by atoms with E-state index in [-0.39, 0.29) is 36.8 Å². The van der Waals surface area contributed by atoms with E-state index in [4.69, 9.17) is 14.2 Å². The van der Waals surface area contributed by atoms with Crippen LogP contribution in [0.25, 0.3) is 0 Å². The quantitative estimate of drug-likeness (QED) is 0.282. The number of Topliss-reactive ketones (excluding diaryl/α,β-unsaturated/α-hetero) is 1. The Labute approximate surface area is 212 Å². The van der Waals surface area contributed by atoms with Crippen LogP contribution in [-0.2, 0) is 41.6 Å². The number of esters is 2. The van der Waals surface area contributed by atoms with Gasteiger partial charge >= 0.3 is 11.9 Å². The molecule has 0 amide bonds. The van der Waals surface area contributed by atoms with Gasteiger partial charge in [-0.15, -0.1) is 0 Å². The Bertz CT molecular complexity index is 1150. The van der Waals surface area contributed by atoms with E-state index in [1.165, 1.54) is 0 Å². The Morgan fingerprint density at radius 2 is 1.53 bits per heavy atom. The van der Waals surface area contributed by atoms with Gasteiger partial charge in [0, 0.05) is 23.5 Å². The van der Waals surface area contributed by atoms with Crippen LogP contribution in [-0.4, -0.2) is 30.4 Å². The molecule has 2 aromatic rings. The maximum absolute atomic E-state index is 13.0. The molecule has 0 spiro atoms. The average Bonchev–Trinajstić information content (AvgIpc) is 3.19. The van der Waals surface area contributed by atoms with Crippen LogP contribution in [0.5, 0.6) is 0 Å². The van der Waals surface area contributed by atoms with Gasteiger partial charge in [0.15, 0.2) is 5.78 Å². The zero-order valence-corrected chi connectivity index (χ0v) is 20.8. The highest BCUT2D eigenvalue weighted by molar-refractivity contribution is 5.95. The molecule has 0 radical (unpaired) electrons. The van der Waals surface area contributed by atoms with Crippen molar-refractivity contribution in [1.29, 1.82) is 0 Å². The highest BCUT2D eigenvalue weighted by Crippen LogP contribution is 2.35. The second-order valence-corrected chi connectivity index (χ2v) is 8.99. The lowest BCUT2D eigenvalue weighted by Crippen LogP contribution is -2.31. The molecule has 188 valence electrons. The van der Waals surface area contributed by atoms with Crippen LogP contribution >= 0.6 is 0 Å². The van der Waals surface area contributed by atoms with Gasteiger partial charge in [0.2, 0.25) is 5.76 Å². The monoisotopic (exact) mass is 488 g/mol. The zero-order valence-electron chi connectivity index (χ0n) is 20.8. The van der Waals surface area contributed by atoms with Crippen molar-refractivity contribution in [2.24, 2.45) is 5.92 Å². The minimum atomic E-state index is -0.770. The molecule has 0 saturated heterocycles. The number of allylic oxidation sites excluding steroid dienone is 1. The summed E-state index contributed by atoms with van der Waals surface area (Å²) in [5.74, 6) is -1.78. The molecule has 3 rings (SSSR count). The topological polar surface area (TPSA) is 78.9 Å². The van der Waals surface area contributed by atoms with Gasteiger partial charge in [-0.1, -0.05) is 73.8 Å². The molecule has 2 unspecified atom stereocenters. The van der Waals surface area contributed by atoms with Crippen molar-refractivity contribution in [3.8, 4) is 0 Å². The van der Waals surface area contributed by atoms with E-state index >= 15 is 0 Å². The predicted octanol–water partition coefficient (Wildman–Crippen LogP) is 5.29. The second kappa shape index (κ2) is 12.7. The molecule has 6 heteroatoms. The molecule has 0 saturated carbocycles. The first-order valence-electron chi connectivity index (χ1n) is 11.9. The van der Waals surface area contributed by atoms with Gasteiger partial charge in [0.05, 0.1) is 6.61 Å². The van der Waals surface area contributed by atoms with Gasteiger partial charge in [-0.05, 0) is 43.4 Å². The van der Waals surface area contributed by atoms with Gasteiger partial charge in [-0.25, -0.2) is 9.59 Å². The summed E-state index contributed by atoms with van der Waals surface area (Å²) in [6.07, 6.45) is 0.371. The van der Waals surface area contributed by atoms with Crippen LogP contribution < -0.4 is 0 Å². The molecular weight excluding hydrogens is 456 g/mol. The van der Waals surface area contributed by atoms with Crippen LogP contribution in [0, 0.1) is 5.92 Å². The fourth-order valence-corrected chi connectivity index (χ4v) is 3.91. The van der Waals surface area contributed by atoms with Crippen LogP contribution in [0.15, 0.2) is 96.3 Å². The normalized spacial score (nSPS) is 15.7. The number of aryl methyl sites for hydroxylation is 1. The highest BCUT2D eigenvalue weighted by Gasteiger charge is 2.41. The lowest BCUT2D eigenvalue weighted by atomic mass is 9.88. The van der Waals surface area contributed by atoms with Crippen LogP contribution in [0.3, 0.4) is 0 Å². The van der Waals surface area contributed by atoms with Crippen molar-refractivity contribution in [3.63, 3.8) is 0 Å². The molecule has 2 aromatic carbocycles. The van der Waals surface area contributed by atoms with Crippen molar-refractivity contribution in [2.75, 3.05) is 6.61 Å². The van der Waals surface area contributed by atoms with Crippen molar-refractivity contribution >= 4 is 17.7 Å². The molecule has 2 atom stereocenters. The Kier molecular flexibility index (Phi) is 9.39. The summed E-state index contributed by atoms with van der Waals surface area (Å²) >= 11 is 0. The summed E-state index contributed by atoms with van der Waals surface area (Å²) in [6, 6.07) is 19.4. The highest BCUT2D eigenvalue weighted by atomic mass is 16.6. The minimum absolute atomic E-state index is 0.0115. The fourth-order valence-electron chi connectivity index (χ4n) is 3.91. The summed E-state index contributed by atoms with van der Waals surface area (Å²) < 4.78 is 17.1. The predicted molar refractivity (Wildman–Crippen MR) is 137 cm³/mol. The first kappa shape index (κ1) is 26.7. The van der Waals surface area contributed by atoms with Gasteiger partial charge in [-0.2, -0.15) is 0 Å². The molecule has 1 aliphatic rings. The van der Waals surface area contributed by atoms with Gasteiger partial charge < -0.3 is 14.2 Å². The lowest BCUT2D eigenvalue weighted by molar-refractivity contribution is -0.149. The number of rotatable bonds is 13. The Balaban J connectivity index is 1.90. The molecule has 6 nitrogen and oxygen atoms in total. The summed E-state index contributed by atoms with van der Waals surface area (Å²) in [4.78, 5) is 37.7. The molecule has 36 heavy (non-hydrogen) atoms. The minimum Gasteiger partial charge on any atom is -0.482 e. The largest absolute Gasteiger partial charge is 0.482 e. The van der Waals surface area contributed by atoms with E-state index in [1.54, 1.807) is 13.8 Å². The van der Waals surface area contributed by atoms with Crippen LogP contribution in [0.2, 0.25) is 0 Å². The maximum Gasteiger partial charge on any atom is 0.374 e. The molecule has 0 bridgehead atoms. The molecular formula is C30H32O6. The number of carbonyl (C=O) groups excluding carboxylic acids is 3. The van der Waals surface area contributed by atoms with Gasteiger partial charge in [0.25, 0.3) is 0 Å². The zero-order chi connectivity index (χ0) is 26.1. The molecule has 1 aliphatic heterocycles. The third kappa shape index (κ3) is 7.28. The summed E-state index contributed by atoms with van der Waals surface area (Å²) in [7, 11) is 0. The summed E-state index contributed by atoms with van der Waals surface area (Å²) in [6.45, 7) is 10.6. The molecule has 0 N–H and O–H groups in total. The fraction of sp³-hybridized carbons (Fsp3) is 0.300. The number of hydrogen-bond donors (Lipinski definition) is 0. The summed E-state index contributed by atoms with van der Waals surface area (Å²) in [5.41, 5.74) is 3.29. The Morgan fingerprint density at radius 3 is 2.11 bits per heavy atom. The van der Waals surface area contributed by atoms with Crippen LogP contribution in [0.1, 0.15) is 37.8 Å². The first-order chi connectivity index (χ1) is 17.3. The number of ketones is 1. The number of carbonyl (C=O) groups is 3. The molecule has 1 heterocycles. The van der Waals surface area contributed by atoms with Crippen molar-refractivity contribution < 1.29 is 28.6 Å². The smallest absolute Gasteiger partial charge is 0.374 e. The van der Waals surface area contributed by atoms with E-state index in [1.807, 2.05) is 60.7 Å². The average molecular weight is 489 g/mol. The van der Waals surface area contributed by atoms with E-state index in [2.05, 4.69) is 13.2 Å². The third-order valence-corrected chi connectivity index (χ3v) is 5.94. The van der Waals surface area contributed by atoms with Crippen LogP contribution in [0.4, 0.5) is 0 Å². The van der Waals surface area contributed by atoms with Crippen molar-refractivity contribution in [2.45, 2.75) is 45.8 Å². The van der Waals surface area contributed by atoms with Crippen molar-refractivity contribution in [1.82, 2.24) is 0 Å². The second-order valence-electron chi connectivity index (χ2n) is 8.99. The molecule has 0 aromatic heterocycles. The first-order valence-corrected chi connectivity index (χ1v) is 11.9. The number of cyclic esters (lactones) is 1. The van der Waals surface area contributed by atoms with E-state index < -0.39 is 24.0 Å². The SMILES string of the molecule is C=C(C)C(=O)CC(COC(=O)C(=C)C)C1OC(=O)C(OCc2ccccc2)=C1CCc1ccccc1. The van der Waals surface area contributed by atoms with E-state index in [0.717, 1.165) is 11.1 Å². The number of benzene rings is 2. The maximum atomic E-state index is 13.0. The third-order valence-electron chi connectivity index (χ3n) is 5.94. The van der Waals surface area contributed by atoms with Crippen molar-refractivity contribution in [3.05, 3.63) is 107 Å². The Morgan fingerprint density at radius 1 is 0.917 bits per heavy atom. The van der Waals surface area contributed by atoms with Gasteiger partial charge in [-0.3, -0.25) is 4.79 Å². The van der Waals surface area contributed by atoms with Gasteiger partial charge in [0.1, 0.15) is 12.7 Å². The number of hydrogen-bond acceptors (Lipinski definition) is 6. The van der Waals surface area contributed by atoms with E-state index in [9.17, 15) is 14.4 Å². The summed E-state index contributed by atoms with van der Waals surface area (Å²) in [5, 5.41) is 0. The standard InChI is InChI=1S/C30H32O6/c1-20(2)26(31)17-24(19-35-29(32)21(3)4)27-25(16-15-22-11-7-5-8-12-22)28(30(33)36-27)34-18-23-13-9-6-10-14-23/h5-14,24,27H,1,3,15-19H2,2,4H3. The number of ether oxygens (including phenoxy) is 3. The Hall–Kier alpha value is -3.93. The lowest BCUT2D eigenvalue weighted by Gasteiger charge is -2.24.